The number of hydrogen-bond donors (Lipinski definition) is 2. The molecule has 94 valence electrons. The summed E-state index contributed by atoms with van der Waals surface area (Å²) < 4.78 is 5.23. The molecule has 1 atom stereocenters. The summed E-state index contributed by atoms with van der Waals surface area (Å²) in [4.78, 5) is 11.7. The van der Waals surface area contributed by atoms with E-state index < -0.39 is 11.8 Å². The van der Waals surface area contributed by atoms with Gasteiger partial charge in [0.2, 0.25) is 0 Å². The second kappa shape index (κ2) is 5.29. The molecule has 17 heavy (non-hydrogen) atoms. The predicted molar refractivity (Wildman–Crippen MR) is 65.5 cm³/mol. The third kappa shape index (κ3) is 4.97. The van der Waals surface area contributed by atoms with E-state index in [0.717, 1.165) is 5.56 Å². The van der Waals surface area contributed by atoms with Crippen LogP contribution in [0.25, 0.3) is 0 Å². The molecule has 0 fully saturated rings. The van der Waals surface area contributed by atoms with Crippen LogP contribution in [0.2, 0.25) is 0 Å². The van der Waals surface area contributed by atoms with E-state index in [4.69, 9.17) is 15.6 Å². The highest BCUT2D eigenvalue weighted by Gasteiger charge is 2.17. The summed E-state index contributed by atoms with van der Waals surface area (Å²) >= 11 is 0. The zero-order valence-electron chi connectivity index (χ0n) is 10.4. The van der Waals surface area contributed by atoms with Gasteiger partial charge >= 0.3 is 5.97 Å². The molecule has 1 rings (SSSR count). The molecule has 0 radical (unpaired) electrons. The first-order valence-corrected chi connectivity index (χ1v) is 5.54. The Morgan fingerprint density at radius 1 is 1.35 bits per heavy atom. The number of ether oxygens (including phenoxy) is 1. The van der Waals surface area contributed by atoms with Gasteiger partial charge in [0, 0.05) is 6.42 Å². The molecular weight excluding hydrogens is 218 g/mol. The van der Waals surface area contributed by atoms with Crippen molar-refractivity contribution in [2.45, 2.75) is 39.0 Å². The van der Waals surface area contributed by atoms with Gasteiger partial charge < -0.3 is 15.6 Å². The van der Waals surface area contributed by atoms with Crippen LogP contribution >= 0.6 is 0 Å². The van der Waals surface area contributed by atoms with Crippen LogP contribution in [-0.4, -0.2) is 22.9 Å². The number of carbonyl (C=O) groups excluding carboxylic acids is 1. The SMILES string of the molecule is CC(C)(C)OC(=O)c1ccc(CC(N)O)cc1. The molecule has 0 aliphatic rings. The Labute approximate surface area is 101 Å². The first-order valence-electron chi connectivity index (χ1n) is 5.54. The van der Waals surface area contributed by atoms with Crippen molar-refractivity contribution in [1.82, 2.24) is 0 Å². The topological polar surface area (TPSA) is 72.5 Å². The van der Waals surface area contributed by atoms with Gasteiger partial charge in [0.1, 0.15) is 11.8 Å². The summed E-state index contributed by atoms with van der Waals surface area (Å²) in [6.45, 7) is 5.47. The predicted octanol–water partition coefficient (Wildman–Crippen LogP) is 1.46. The smallest absolute Gasteiger partial charge is 0.338 e. The minimum absolute atomic E-state index is 0.350. The van der Waals surface area contributed by atoms with Crippen LogP contribution in [0.5, 0.6) is 0 Å². The van der Waals surface area contributed by atoms with Crippen LogP contribution < -0.4 is 5.73 Å². The number of aliphatic hydroxyl groups excluding tert-OH is 1. The number of rotatable bonds is 3. The van der Waals surface area contributed by atoms with Gasteiger partial charge in [-0.15, -0.1) is 0 Å². The molecule has 0 amide bonds. The van der Waals surface area contributed by atoms with Gasteiger partial charge in [0.15, 0.2) is 0 Å². The van der Waals surface area contributed by atoms with Crippen LogP contribution in [0.3, 0.4) is 0 Å². The average Bonchev–Trinajstić information content (AvgIpc) is 2.15. The molecule has 0 saturated carbocycles. The van der Waals surface area contributed by atoms with Gasteiger partial charge in [-0.2, -0.15) is 0 Å². The number of esters is 1. The van der Waals surface area contributed by atoms with Crippen LogP contribution in [0.1, 0.15) is 36.7 Å². The lowest BCUT2D eigenvalue weighted by Gasteiger charge is -2.19. The molecular formula is C13H19NO3. The molecule has 4 heteroatoms. The monoisotopic (exact) mass is 237 g/mol. The van der Waals surface area contributed by atoms with Gasteiger partial charge in [-0.05, 0) is 38.5 Å². The molecule has 1 unspecified atom stereocenters. The molecule has 0 aromatic heterocycles. The van der Waals surface area contributed by atoms with Crippen LogP contribution in [0.15, 0.2) is 24.3 Å². The zero-order valence-corrected chi connectivity index (χ0v) is 10.4. The third-order valence-corrected chi connectivity index (χ3v) is 2.03. The van der Waals surface area contributed by atoms with Crippen molar-refractivity contribution in [2.24, 2.45) is 5.73 Å². The molecule has 0 saturated heterocycles. The minimum Gasteiger partial charge on any atom is -0.456 e. The van der Waals surface area contributed by atoms with E-state index in [-0.39, 0.29) is 5.97 Å². The molecule has 0 aliphatic carbocycles. The van der Waals surface area contributed by atoms with Gasteiger partial charge in [0.25, 0.3) is 0 Å². The van der Waals surface area contributed by atoms with Crippen molar-refractivity contribution in [3.8, 4) is 0 Å². The summed E-state index contributed by atoms with van der Waals surface area (Å²) in [6, 6.07) is 6.86. The van der Waals surface area contributed by atoms with Gasteiger partial charge in [0.05, 0.1) is 5.56 Å². The van der Waals surface area contributed by atoms with Gasteiger partial charge in [-0.3, -0.25) is 0 Å². The van der Waals surface area contributed by atoms with E-state index in [1.807, 2.05) is 20.8 Å². The highest BCUT2D eigenvalue weighted by Crippen LogP contribution is 2.13. The van der Waals surface area contributed by atoms with E-state index in [0.29, 0.717) is 12.0 Å². The second-order valence-electron chi connectivity index (χ2n) is 4.97. The summed E-state index contributed by atoms with van der Waals surface area (Å²) in [7, 11) is 0. The number of nitrogens with two attached hydrogens (primary N) is 1. The fourth-order valence-corrected chi connectivity index (χ4v) is 1.36. The van der Waals surface area contributed by atoms with Crippen molar-refractivity contribution in [3.63, 3.8) is 0 Å². The maximum absolute atomic E-state index is 11.7. The number of aliphatic hydroxyl groups is 1. The Morgan fingerprint density at radius 2 is 1.88 bits per heavy atom. The van der Waals surface area contributed by atoms with E-state index in [1.165, 1.54) is 0 Å². The molecule has 0 bridgehead atoms. The molecule has 4 nitrogen and oxygen atoms in total. The number of benzene rings is 1. The normalized spacial score (nSPS) is 13.2. The first-order chi connectivity index (χ1) is 7.78. The lowest BCUT2D eigenvalue weighted by Crippen LogP contribution is -2.24. The summed E-state index contributed by atoms with van der Waals surface area (Å²) in [5, 5.41) is 9.02. The van der Waals surface area contributed by atoms with Crippen LogP contribution in [0.4, 0.5) is 0 Å². The summed E-state index contributed by atoms with van der Waals surface area (Å²) in [5.41, 5.74) is 6.15. The van der Waals surface area contributed by atoms with Crippen LogP contribution in [-0.2, 0) is 11.2 Å². The zero-order chi connectivity index (χ0) is 13.1. The Kier molecular flexibility index (Phi) is 4.26. The van der Waals surface area contributed by atoms with Gasteiger partial charge in [-0.25, -0.2) is 4.79 Å². The molecule has 3 N–H and O–H groups in total. The van der Waals surface area contributed by atoms with Crippen molar-refractivity contribution in [1.29, 1.82) is 0 Å². The van der Waals surface area contributed by atoms with Crippen molar-refractivity contribution in [3.05, 3.63) is 35.4 Å². The lowest BCUT2D eigenvalue weighted by atomic mass is 10.1. The average molecular weight is 237 g/mol. The Bertz CT molecular complexity index is 377. The fourth-order valence-electron chi connectivity index (χ4n) is 1.36. The third-order valence-electron chi connectivity index (χ3n) is 2.03. The number of hydrogen-bond acceptors (Lipinski definition) is 4. The van der Waals surface area contributed by atoms with E-state index in [9.17, 15) is 4.79 Å². The summed E-state index contributed by atoms with van der Waals surface area (Å²) in [6.07, 6.45) is -0.503. The maximum Gasteiger partial charge on any atom is 0.338 e. The molecule has 0 spiro atoms. The second-order valence-corrected chi connectivity index (χ2v) is 4.97. The van der Waals surface area contributed by atoms with Crippen molar-refractivity contribution >= 4 is 5.97 Å². The lowest BCUT2D eigenvalue weighted by molar-refractivity contribution is 0.00695. The number of carbonyl (C=O) groups is 1. The first kappa shape index (κ1) is 13.7. The Balaban J connectivity index is 2.71. The van der Waals surface area contributed by atoms with E-state index in [2.05, 4.69) is 0 Å². The largest absolute Gasteiger partial charge is 0.456 e. The highest BCUT2D eigenvalue weighted by atomic mass is 16.6. The van der Waals surface area contributed by atoms with Crippen molar-refractivity contribution in [2.75, 3.05) is 0 Å². The molecule has 0 aliphatic heterocycles. The van der Waals surface area contributed by atoms with E-state index >= 15 is 0 Å². The highest BCUT2D eigenvalue weighted by molar-refractivity contribution is 5.89. The standard InChI is InChI=1S/C13H19NO3/c1-13(2,3)17-12(16)10-6-4-9(5-7-10)8-11(14)15/h4-7,11,15H,8,14H2,1-3H3. The molecule has 1 aromatic rings. The Hall–Kier alpha value is -1.39. The summed E-state index contributed by atoms with van der Waals surface area (Å²) in [5.74, 6) is -0.350. The maximum atomic E-state index is 11.7. The van der Waals surface area contributed by atoms with Crippen molar-refractivity contribution < 1.29 is 14.6 Å². The molecule has 0 heterocycles. The van der Waals surface area contributed by atoms with Gasteiger partial charge in [-0.1, -0.05) is 12.1 Å². The molecule has 1 aromatic carbocycles. The quantitative estimate of drug-likeness (QED) is 0.616. The van der Waals surface area contributed by atoms with E-state index in [1.54, 1.807) is 24.3 Å². The van der Waals surface area contributed by atoms with Crippen LogP contribution in [0, 0.1) is 0 Å². The Morgan fingerprint density at radius 3 is 2.29 bits per heavy atom. The fraction of sp³-hybridized carbons (Fsp3) is 0.462. The minimum atomic E-state index is -0.873.